The summed E-state index contributed by atoms with van der Waals surface area (Å²) in [5.74, 6) is 0.823. The Balaban J connectivity index is 0.000000363. The third-order valence-electron chi connectivity index (χ3n) is 12.5. The molecular formula is C53H34BF24NO2. The van der Waals surface area contributed by atoms with Gasteiger partial charge in [-0.3, -0.25) is 4.79 Å². The van der Waals surface area contributed by atoms with Gasteiger partial charge in [0.15, 0.2) is 0 Å². The Morgan fingerprint density at radius 2 is 0.691 bits per heavy atom. The fourth-order valence-corrected chi connectivity index (χ4v) is 8.78. The number of para-hydroxylation sites is 1. The van der Waals surface area contributed by atoms with E-state index in [0.717, 1.165) is 35.2 Å². The van der Waals surface area contributed by atoms with Gasteiger partial charge in [0.25, 0.3) is 0 Å². The first-order valence-corrected chi connectivity index (χ1v) is 23.0. The van der Waals surface area contributed by atoms with Gasteiger partial charge in [0.1, 0.15) is 6.15 Å². The van der Waals surface area contributed by atoms with Crippen molar-refractivity contribution >= 4 is 44.7 Å². The molecule has 1 aromatic heterocycles. The predicted molar refractivity (Wildman–Crippen MR) is 245 cm³/mol. The van der Waals surface area contributed by atoms with E-state index in [9.17, 15) is 110 Å². The van der Waals surface area contributed by atoms with E-state index in [-0.39, 0.29) is 12.3 Å². The van der Waals surface area contributed by atoms with Crippen LogP contribution in [0.25, 0.3) is 10.9 Å². The van der Waals surface area contributed by atoms with E-state index >= 15 is 0 Å². The average molecular weight is 1180 g/mol. The van der Waals surface area contributed by atoms with E-state index in [4.69, 9.17) is 4.74 Å². The first kappa shape index (κ1) is 62.8. The highest BCUT2D eigenvalue weighted by atomic mass is 19.4. The summed E-state index contributed by atoms with van der Waals surface area (Å²) in [5, 5.41) is 1.10. The molecule has 0 radical (unpaired) electrons. The molecule has 0 bridgehead atoms. The maximum absolute atomic E-state index is 14.2. The highest BCUT2D eigenvalue weighted by molar-refractivity contribution is 7.20. The van der Waals surface area contributed by atoms with Crippen LogP contribution in [0.1, 0.15) is 74.6 Å². The molecule has 0 aliphatic heterocycles. The molecule has 434 valence electrons. The summed E-state index contributed by atoms with van der Waals surface area (Å²) in [6.45, 7) is 3.07. The van der Waals surface area contributed by atoms with Gasteiger partial charge in [-0.25, -0.2) is 0 Å². The van der Waals surface area contributed by atoms with Gasteiger partial charge < -0.3 is 4.74 Å². The Bertz CT molecular complexity index is 2950. The highest BCUT2D eigenvalue weighted by Crippen LogP contribution is 2.41. The largest absolute Gasteiger partial charge is 0.444 e. The second kappa shape index (κ2) is 22.5. The van der Waals surface area contributed by atoms with Gasteiger partial charge in [-0.2, -0.15) is 132 Å². The van der Waals surface area contributed by atoms with Crippen LogP contribution in [0.2, 0.25) is 0 Å². The zero-order valence-corrected chi connectivity index (χ0v) is 40.5. The standard InChI is InChI=1S/C32H12BF24.C21H22NO2/c34-25(35,36)13-1-14(26(37,38)39)6-21(5-13)33(22-7-15(27(40,41)42)2-16(8-22)28(43,44)45,23-9-17(29(46,47)48)3-18(10-23)30(49,50)51)24-11-19(31(52,53)54)4-20(12-24)32(55,56)57;1-2-3-15-24-21-14-13-17-9-7-8-12-19(17)22(21)16-20(23)18-10-5-4-6-11-18/h1-12H;4-14H,2-3,15-16H2,1H3/q-1;+1. The van der Waals surface area contributed by atoms with Gasteiger partial charge in [-0.15, -0.1) is 0 Å². The van der Waals surface area contributed by atoms with Crippen LogP contribution in [0.4, 0.5) is 105 Å². The van der Waals surface area contributed by atoms with Crippen LogP contribution in [-0.4, -0.2) is 18.5 Å². The van der Waals surface area contributed by atoms with E-state index in [1.54, 1.807) is 0 Å². The number of ketones is 1. The monoisotopic (exact) mass is 1180 g/mol. The molecule has 0 N–H and O–H groups in total. The van der Waals surface area contributed by atoms with Crippen molar-refractivity contribution in [2.24, 2.45) is 0 Å². The lowest BCUT2D eigenvalue weighted by atomic mass is 9.12. The lowest BCUT2D eigenvalue weighted by Gasteiger charge is -2.46. The summed E-state index contributed by atoms with van der Waals surface area (Å²) in [5.41, 5.74) is -28.5. The molecule has 0 spiro atoms. The number of hydrogen-bond acceptors (Lipinski definition) is 2. The van der Waals surface area contributed by atoms with E-state index in [2.05, 4.69) is 13.0 Å². The quantitative estimate of drug-likeness (QED) is 0.0425. The molecule has 0 fully saturated rings. The highest BCUT2D eigenvalue weighted by Gasteiger charge is 2.47. The number of rotatable bonds is 11. The van der Waals surface area contributed by atoms with Crippen molar-refractivity contribution in [2.45, 2.75) is 75.7 Å². The Morgan fingerprint density at radius 1 is 0.395 bits per heavy atom. The second-order valence-corrected chi connectivity index (χ2v) is 18.0. The summed E-state index contributed by atoms with van der Waals surface area (Å²) in [4.78, 5) is 12.7. The predicted octanol–water partition coefficient (Wildman–Crippen LogP) is 15.4. The average Bonchev–Trinajstić information content (AvgIpc) is 3.36. The molecule has 0 unspecified atom stereocenters. The number of hydrogen-bond donors (Lipinski definition) is 0. The molecule has 7 aromatic rings. The SMILES string of the molecule is CCCCOc1ccc2ccccc2[n+]1CC(=O)c1ccccc1.FC(F)(F)c1cc([B-](c2cc(C(F)(F)F)cc(C(F)(F)F)c2)(c2cc(C(F)(F)F)cc(C(F)(F)F)c2)c2cc(C(F)(F)F)cc(C(F)(F)F)c2)cc(C(F)(F)F)c1. The Hall–Kier alpha value is -7.42. The van der Waals surface area contributed by atoms with Gasteiger partial charge in [0.05, 0.1) is 57.2 Å². The molecule has 28 heteroatoms. The summed E-state index contributed by atoms with van der Waals surface area (Å²) < 4.78 is 349. The number of pyridine rings is 1. The molecule has 0 atom stereocenters. The molecule has 0 aliphatic carbocycles. The number of aromatic nitrogens is 1. The molecular weight excluding hydrogens is 1150 g/mol. The van der Waals surface area contributed by atoms with Crippen molar-refractivity contribution in [3.63, 3.8) is 0 Å². The van der Waals surface area contributed by atoms with Crippen LogP contribution >= 0.6 is 0 Å². The molecule has 7 rings (SSSR count). The lowest BCUT2D eigenvalue weighted by molar-refractivity contribution is -0.663. The number of carbonyl (C=O) groups is 1. The second-order valence-electron chi connectivity index (χ2n) is 18.0. The number of nitrogens with zero attached hydrogens (tertiary/aromatic N) is 1. The Labute approximate surface area is 441 Å². The van der Waals surface area contributed by atoms with Crippen LogP contribution in [0.5, 0.6) is 5.88 Å². The molecule has 0 aliphatic rings. The topological polar surface area (TPSA) is 30.2 Å². The minimum Gasteiger partial charge on any atom is -0.444 e. The fraction of sp³-hybridized carbons (Fsp3) is 0.245. The molecule has 0 saturated carbocycles. The minimum absolute atomic E-state index is 0.0808. The number of Topliss-reactive ketones (excluding diaryl/α,β-unsaturated/α-hetero) is 1. The first-order valence-electron chi connectivity index (χ1n) is 23.0. The number of carbonyl (C=O) groups excluding carboxylic acids is 1. The van der Waals surface area contributed by atoms with Crippen LogP contribution in [-0.2, 0) is 56.0 Å². The van der Waals surface area contributed by atoms with E-state index in [1.165, 1.54) is 0 Å². The van der Waals surface area contributed by atoms with Crippen molar-refractivity contribution < 1.29 is 119 Å². The molecule has 3 nitrogen and oxygen atoms in total. The van der Waals surface area contributed by atoms with Crippen molar-refractivity contribution in [3.05, 3.63) is 190 Å². The van der Waals surface area contributed by atoms with E-state index in [1.807, 2.05) is 65.2 Å². The number of fused-ring (bicyclic) bond motifs is 1. The van der Waals surface area contributed by atoms with Crippen molar-refractivity contribution in [1.29, 1.82) is 0 Å². The summed E-state index contributed by atoms with van der Waals surface area (Å²) in [6, 6.07) is 12.7. The maximum atomic E-state index is 14.2. The summed E-state index contributed by atoms with van der Waals surface area (Å²) >= 11 is 0. The van der Waals surface area contributed by atoms with Gasteiger partial charge in [-0.1, -0.05) is 104 Å². The first-order chi connectivity index (χ1) is 37.1. The van der Waals surface area contributed by atoms with Gasteiger partial charge in [0, 0.05) is 17.0 Å². The number of ether oxygens (including phenoxy) is 1. The number of alkyl halides is 24. The molecule has 1 heterocycles. The molecule has 0 amide bonds. The zero-order valence-electron chi connectivity index (χ0n) is 40.5. The van der Waals surface area contributed by atoms with Crippen molar-refractivity contribution in [1.82, 2.24) is 0 Å². The summed E-state index contributed by atoms with van der Waals surface area (Å²) in [6.07, 6.45) is -52.7. The molecule has 6 aromatic carbocycles. The summed E-state index contributed by atoms with van der Waals surface area (Å²) in [7, 11) is 0. The van der Waals surface area contributed by atoms with E-state index < -0.39 is 195 Å². The van der Waals surface area contributed by atoms with Crippen LogP contribution in [0.15, 0.2) is 140 Å². The van der Waals surface area contributed by atoms with Crippen LogP contribution in [0.3, 0.4) is 0 Å². The van der Waals surface area contributed by atoms with Gasteiger partial charge in [0.2, 0.25) is 17.8 Å². The number of benzene rings is 6. The zero-order chi connectivity index (χ0) is 60.7. The van der Waals surface area contributed by atoms with Gasteiger partial charge >= 0.3 is 55.3 Å². The minimum atomic E-state index is -6.13. The fourth-order valence-electron chi connectivity index (χ4n) is 8.78. The molecule has 81 heavy (non-hydrogen) atoms. The van der Waals surface area contributed by atoms with Crippen LogP contribution in [0, 0.1) is 0 Å². The smallest absolute Gasteiger partial charge is 0.416 e. The lowest BCUT2D eigenvalue weighted by Crippen LogP contribution is -2.75. The van der Waals surface area contributed by atoms with E-state index in [0.29, 0.717) is 6.61 Å². The number of unbranched alkanes of at least 4 members (excludes halogenated alkanes) is 1. The number of halogens is 24. The Morgan fingerprint density at radius 3 is 0.988 bits per heavy atom. The third kappa shape index (κ3) is 14.6. The Kier molecular flexibility index (Phi) is 17.4. The van der Waals surface area contributed by atoms with Crippen molar-refractivity contribution in [2.75, 3.05) is 6.61 Å². The normalized spacial score (nSPS) is 13.2. The molecule has 0 saturated heterocycles. The van der Waals surface area contributed by atoms with Gasteiger partial charge in [-0.05, 0) is 42.8 Å². The van der Waals surface area contributed by atoms with Crippen LogP contribution < -0.4 is 31.2 Å². The van der Waals surface area contributed by atoms with Crippen molar-refractivity contribution in [3.8, 4) is 5.88 Å². The maximum Gasteiger partial charge on any atom is 0.416 e. The third-order valence-corrected chi connectivity index (χ3v) is 12.5.